The van der Waals surface area contributed by atoms with Crippen LogP contribution in [-0.4, -0.2) is 20.8 Å². The van der Waals surface area contributed by atoms with Gasteiger partial charge in [-0.3, -0.25) is 9.48 Å². The summed E-state index contributed by atoms with van der Waals surface area (Å²) in [5.41, 5.74) is 0.133. The minimum Gasteiger partial charge on any atom is -0.392 e. The lowest BCUT2D eigenvalue weighted by atomic mass is 10.1. The zero-order chi connectivity index (χ0) is 14.7. The van der Waals surface area contributed by atoms with Crippen molar-refractivity contribution < 1.29 is 18.7 Å². The van der Waals surface area contributed by atoms with Crippen molar-refractivity contribution in [1.29, 1.82) is 0 Å². The SMILES string of the molecule is Cn1cc(C(=O)Nc2ccccc2CO)c(C(F)F)n1. The Kier molecular flexibility index (Phi) is 4.09. The van der Waals surface area contributed by atoms with Crippen LogP contribution in [0.4, 0.5) is 14.5 Å². The van der Waals surface area contributed by atoms with Crippen molar-refractivity contribution in [3.63, 3.8) is 0 Å². The van der Waals surface area contributed by atoms with Gasteiger partial charge in [0, 0.05) is 24.5 Å². The standard InChI is InChI=1S/C13H13F2N3O2/c1-18-6-9(11(17-18)12(14)15)13(20)16-10-5-3-2-4-8(10)7-19/h2-6,12,19H,7H2,1H3,(H,16,20). The maximum atomic E-state index is 12.8. The van der Waals surface area contributed by atoms with E-state index in [1.807, 2.05) is 0 Å². The molecule has 5 nitrogen and oxygen atoms in total. The molecule has 20 heavy (non-hydrogen) atoms. The van der Waals surface area contributed by atoms with E-state index >= 15 is 0 Å². The molecule has 2 N–H and O–H groups in total. The summed E-state index contributed by atoms with van der Waals surface area (Å²) >= 11 is 0. The van der Waals surface area contributed by atoms with E-state index < -0.39 is 18.0 Å². The highest BCUT2D eigenvalue weighted by Gasteiger charge is 2.23. The van der Waals surface area contributed by atoms with E-state index in [1.54, 1.807) is 24.3 Å². The Labute approximate surface area is 113 Å². The molecule has 1 heterocycles. The van der Waals surface area contributed by atoms with Crippen LogP contribution < -0.4 is 5.32 Å². The molecule has 2 rings (SSSR count). The average Bonchev–Trinajstić information content (AvgIpc) is 2.82. The monoisotopic (exact) mass is 281 g/mol. The van der Waals surface area contributed by atoms with E-state index in [9.17, 15) is 13.6 Å². The van der Waals surface area contributed by atoms with Crippen LogP contribution in [0.2, 0.25) is 0 Å². The molecule has 0 fully saturated rings. The molecule has 0 radical (unpaired) electrons. The van der Waals surface area contributed by atoms with Gasteiger partial charge in [0.1, 0.15) is 5.69 Å². The van der Waals surface area contributed by atoms with E-state index in [4.69, 9.17) is 5.11 Å². The second kappa shape index (κ2) is 5.79. The highest BCUT2D eigenvalue weighted by Crippen LogP contribution is 2.23. The zero-order valence-electron chi connectivity index (χ0n) is 10.7. The van der Waals surface area contributed by atoms with Gasteiger partial charge in [-0.1, -0.05) is 18.2 Å². The van der Waals surface area contributed by atoms with E-state index in [2.05, 4.69) is 10.4 Å². The summed E-state index contributed by atoms with van der Waals surface area (Å²) in [6, 6.07) is 6.59. The number of nitrogens with zero attached hydrogens (tertiary/aromatic N) is 2. The lowest BCUT2D eigenvalue weighted by molar-refractivity contribution is 0.101. The van der Waals surface area contributed by atoms with E-state index in [0.717, 1.165) is 4.68 Å². The number of nitrogens with one attached hydrogen (secondary N) is 1. The van der Waals surface area contributed by atoms with E-state index in [0.29, 0.717) is 11.3 Å². The number of aliphatic hydroxyl groups excluding tert-OH is 1. The largest absolute Gasteiger partial charge is 0.392 e. The minimum absolute atomic E-state index is 0.185. The van der Waals surface area contributed by atoms with Crippen LogP contribution in [0.25, 0.3) is 0 Å². The van der Waals surface area contributed by atoms with Crippen molar-refractivity contribution in [2.24, 2.45) is 7.05 Å². The zero-order valence-corrected chi connectivity index (χ0v) is 10.7. The number of aryl methyl sites for hydroxylation is 1. The lowest BCUT2D eigenvalue weighted by Gasteiger charge is -2.09. The summed E-state index contributed by atoms with van der Waals surface area (Å²) in [7, 11) is 1.46. The summed E-state index contributed by atoms with van der Waals surface area (Å²) in [6.45, 7) is -0.259. The second-order valence-corrected chi connectivity index (χ2v) is 4.17. The molecule has 0 saturated carbocycles. The van der Waals surface area contributed by atoms with Gasteiger partial charge in [-0.25, -0.2) is 8.78 Å². The Bertz CT molecular complexity index is 626. The molecule has 7 heteroatoms. The number of rotatable bonds is 4. The molecule has 1 amide bonds. The van der Waals surface area contributed by atoms with Gasteiger partial charge in [0.25, 0.3) is 12.3 Å². The number of aromatic nitrogens is 2. The number of alkyl halides is 2. The predicted molar refractivity (Wildman–Crippen MR) is 68.5 cm³/mol. The summed E-state index contributed by atoms with van der Waals surface area (Å²) in [6.07, 6.45) is -1.59. The van der Waals surface area contributed by atoms with Crippen LogP contribution >= 0.6 is 0 Å². The highest BCUT2D eigenvalue weighted by molar-refractivity contribution is 6.05. The molecule has 2 aromatic rings. The first kappa shape index (κ1) is 14.1. The first-order chi connectivity index (χ1) is 9.52. The molecule has 0 aliphatic rings. The molecule has 0 saturated heterocycles. The highest BCUT2D eigenvalue weighted by atomic mass is 19.3. The number of halogens is 2. The fraction of sp³-hybridized carbons (Fsp3) is 0.231. The van der Waals surface area contributed by atoms with Crippen molar-refractivity contribution in [3.05, 3.63) is 47.3 Å². The van der Waals surface area contributed by atoms with Crippen LogP contribution in [0.15, 0.2) is 30.5 Å². The van der Waals surface area contributed by atoms with Crippen molar-refractivity contribution in [2.45, 2.75) is 13.0 Å². The Morgan fingerprint density at radius 3 is 2.80 bits per heavy atom. The number of benzene rings is 1. The summed E-state index contributed by atoms with van der Waals surface area (Å²) in [5.74, 6) is -0.686. The first-order valence-electron chi connectivity index (χ1n) is 5.84. The molecular formula is C13H13F2N3O2. The number of carbonyl (C=O) groups is 1. The van der Waals surface area contributed by atoms with Gasteiger partial charge in [-0.15, -0.1) is 0 Å². The van der Waals surface area contributed by atoms with E-state index in [-0.39, 0.29) is 12.2 Å². The predicted octanol–water partition coefficient (Wildman–Crippen LogP) is 2.10. The number of amides is 1. The fourth-order valence-electron chi connectivity index (χ4n) is 1.81. The van der Waals surface area contributed by atoms with Crippen molar-refractivity contribution in [1.82, 2.24) is 9.78 Å². The van der Waals surface area contributed by atoms with Crippen LogP contribution in [0.1, 0.15) is 28.0 Å². The quantitative estimate of drug-likeness (QED) is 0.902. The van der Waals surface area contributed by atoms with E-state index in [1.165, 1.54) is 13.2 Å². The first-order valence-corrected chi connectivity index (χ1v) is 5.84. The molecule has 1 aromatic carbocycles. The smallest absolute Gasteiger partial charge is 0.282 e. The van der Waals surface area contributed by atoms with Gasteiger partial charge in [-0.05, 0) is 6.07 Å². The molecule has 0 bridgehead atoms. The van der Waals surface area contributed by atoms with Gasteiger partial charge in [-0.2, -0.15) is 5.10 Å². The third-order valence-corrected chi connectivity index (χ3v) is 2.74. The van der Waals surface area contributed by atoms with Crippen LogP contribution in [-0.2, 0) is 13.7 Å². The Hall–Kier alpha value is -2.28. The molecule has 106 valence electrons. The molecule has 1 aromatic heterocycles. The molecule has 0 atom stereocenters. The number of hydrogen-bond donors (Lipinski definition) is 2. The summed E-state index contributed by atoms with van der Waals surface area (Å²) in [4.78, 5) is 12.0. The van der Waals surface area contributed by atoms with Crippen LogP contribution in [0.3, 0.4) is 0 Å². The molecule has 0 spiro atoms. The molecular weight excluding hydrogens is 268 g/mol. The van der Waals surface area contributed by atoms with Gasteiger partial charge >= 0.3 is 0 Å². The summed E-state index contributed by atoms with van der Waals surface area (Å²) in [5, 5.41) is 15.2. The third-order valence-electron chi connectivity index (χ3n) is 2.74. The Balaban J connectivity index is 2.28. The number of hydrogen-bond acceptors (Lipinski definition) is 3. The van der Waals surface area contributed by atoms with Crippen LogP contribution in [0, 0.1) is 0 Å². The normalized spacial score (nSPS) is 10.8. The summed E-state index contributed by atoms with van der Waals surface area (Å²) < 4.78 is 26.7. The second-order valence-electron chi connectivity index (χ2n) is 4.17. The Morgan fingerprint density at radius 2 is 2.15 bits per heavy atom. The minimum atomic E-state index is -2.83. The molecule has 0 unspecified atom stereocenters. The topological polar surface area (TPSA) is 67.2 Å². The lowest BCUT2D eigenvalue weighted by Crippen LogP contribution is -2.14. The van der Waals surface area contributed by atoms with Crippen LogP contribution in [0.5, 0.6) is 0 Å². The van der Waals surface area contributed by atoms with Crippen molar-refractivity contribution >= 4 is 11.6 Å². The third kappa shape index (κ3) is 2.83. The van der Waals surface area contributed by atoms with Crippen molar-refractivity contribution in [2.75, 3.05) is 5.32 Å². The van der Waals surface area contributed by atoms with Gasteiger partial charge in [0.15, 0.2) is 0 Å². The number of para-hydroxylation sites is 1. The van der Waals surface area contributed by atoms with Gasteiger partial charge < -0.3 is 10.4 Å². The number of carbonyl (C=O) groups excluding carboxylic acids is 1. The van der Waals surface area contributed by atoms with Crippen molar-refractivity contribution in [3.8, 4) is 0 Å². The maximum absolute atomic E-state index is 12.8. The Morgan fingerprint density at radius 1 is 1.45 bits per heavy atom. The molecule has 0 aliphatic carbocycles. The molecule has 0 aliphatic heterocycles. The average molecular weight is 281 g/mol. The van der Waals surface area contributed by atoms with Gasteiger partial charge in [0.05, 0.1) is 12.2 Å². The number of anilines is 1. The van der Waals surface area contributed by atoms with Gasteiger partial charge in [0.2, 0.25) is 0 Å². The fourth-order valence-corrected chi connectivity index (χ4v) is 1.81. The number of aliphatic hydroxyl groups is 1. The maximum Gasteiger partial charge on any atom is 0.282 e.